The number of cyclic esters (lactones) is 1. The fourth-order valence-electron chi connectivity index (χ4n) is 7.58. The number of hydroxylamine groups is 1. The van der Waals surface area contributed by atoms with Crippen molar-refractivity contribution in [2.75, 3.05) is 34.9 Å². The van der Waals surface area contributed by atoms with Gasteiger partial charge in [-0.15, -0.1) is 0 Å². The second kappa shape index (κ2) is 24.3. The van der Waals surface area contributed by atoms with Crippen molar-refractivity contribution >= 4 is 29.3 Å². The Morgan fingerprint density at radius 2 is 1.62 bits per heavy atom. The van der Waals surface area contributed by atoms with Crippen LogP contribution in [0.15, 0.2) is 34.2 Å². The van der Waals surface area contributed by atoms with Crippen molar-refractivity contribution in [2.45, 2.75) is 138 Å². The van der Waals surface area contributed by atoms with Gasteiger partial charge in [0.1, 0.15) is 60.0 Å². The summed E-state index contributed by atoms with van der Waals surface area (Å²) in [4.78, 5) is 73.7. The third kappa shape index (κ3) is 14.2. The van der Waals surface area contributed by atoms with Gasteiger partial charge in [0.2, 0.25) is 0 Å². The normalized spacial score (nSPS) is 31.4. The van der Waals surface area contributed by atoms with Gasteiger partial charge < -0.3 is 33.5 Å². The van der Waals surface area contributed by atoms with E-state index in [4.69, 9.17) is 28.3 Å². The van der Waals surface area contributed by atoms with Crippen LogP contribution in [0, 0.1) is 29.6 Å². The SMILES string of the molecule is CC.CC.CC1CC(N(C)C)CC(O)O1.CN=C(NOCc1ncc(-c2ccon2)cn1)C1C(=O)O[C@]2(C)COC(=O)C(C)C(=O)C(C)C[C@](C)(OC)C[C@@H](C)C(=O)CC12. The predicted molar refractivity (Wildman–Crippen MR) is 224 cm³/mol. The maximum atomic E-state index is 13.7. The summed E-state index contributed by atoms with van der Waals surface area (Å²) in [6.45, 7) is 18.1. The summed E-state index contributed by atoms with van der Waals surface area (Å²) < 4.78 is 27.2. The number of methoxy groups -OCH3 is 1. The monoisotopic (exact) mass is 847 g/mol. The van der Waals surface area contributed by atoms with E-state index in [9.17, 15) is 24.3 Å². The molecule has 2 aromatic rings. The van der Waals surface area contributed by atoms with E-state index in [1.165, 1.54) is 27.3 Å². The molecule has 0 aliphatic carbocycles. The molecule has 3 saturated heterocycles. The number of rotatable bonds is 7. The van der Waals surface area contributed by atoms with E-state index < -0.39 is 59.0 Å². The van der Waals surface area contributed by atoms with Gasteiger partial charge in [0.25, 0.3) is 0 Å². The number of aliphatic hydroxyl groups excluding tert-OH is 1. The van der Waals surface area contributed by atoms with E-state index in [0.29, 0.717) is 36.0 Å². The lowest BCUT2D eigenvalue weighted by molar-refractivity contribution is -0.172. The molecule has 2 N–H and O–H groups in total. The van der Waals surface area contributed by atoms with Crippen molar-refractivity contribution < 1.29 is 52.6 Å². The van der Waals surface area contributed by atoms with Crippen LogP contribution in [0.4, 0.5) is 0 Å². The van der Waals surface area contributed by atoms with Gasteiger partial charge in [0, 0.05) is 74.8 Å². The molecule has 0 amide bonds. The third-order valence-electron chi connectivity index (χ3n) is 11.0. The number of carbonyl (C=O) groups excluding carboxylic acids is 4. The average molecular weight is 847 g/mol. The zero-order chi connectivity index (χ0) is 45.4. The summed E-state index contributed by atoms with van der Waals surface area (Å²) in [5, 5.41) is 13.1. The van der Waals surface area contributed by atoms with Crippen LogP contribution in [0.25, 0.3) is 11.3 Å². The molecule has 0 radical (unpaired) electrons. The number of hydrogen-bond acceptors (Lipinski definition) is 16. The number of aromatic nitrogens is 3. The fourth-order valence-corrected chi connectivity index (χ4v) is 7.58. The van der Waals surface area contributed by atoms with Crippen LogP contribution in [0.1, 0.15) is 107 Å². The summed E-state index contributed by atoms with van der Waals surface area (Å²) in [6.07, 6.45) is 6.57. The molecule has 0 aromatic carbocycles. The Morgan fingerprint density at radius 1 is 0.983 bits per heavy atom. The van der Waals surface area contributed by atoms with Crippen LogP contribution < -0.4 is 5.48 Å². The van der Waals surface area contributed by atoms with Crippen LogP contribution >= 0.6 is 0 Å². The molecule has 3 aliphatic rings. The molecule has 5 heterocycles. The van der Waals surface area contributed by atoms with Gasteiger partial charge in [0.15, 0.2) is 12.1 Å². The lowest BCUT2D eigenvalue weighted by Crippen LogP contribution is -2.46. The fraction of sp³-hybridized carbons (Fsp3) is 0.721. The first-order valence-electron chi connectivity index (χ1n) is 21.0. The Balaban J connectivity index is 0.000000703. The van der Waals surface area contributed by atoms with E-state index in [0.717, 1.165) is 12.8 Å². The largest absolute Gasteiger partial charge is 0.461 e. The first-order valence-corrected chi connectivity index (χ1v) is 21.0. The van der Waals surface area contributed by atoms with Gasteiger partial charge in [-0.25, -0.2) is 9.97 Å². The first kappa shape index (κ1) is 52.0. The lowest BCUT2D eigenvalue weighted by atomic mass is 9.74. The highest BCUT2D eigenvalue weighted by Gasteiger charge is 2.57. The quantitative estimate of drug-likeness (QED) is 0.117. The number of ketones is 2. The van der Waals surface area contributed by atoms with Gasteiger partial charge in [0.05, 0.1) is 11.7 Å². The summed E-state index contributed by atoms with van der Waals surface area (Å²) in [5.41, 5.74) is 1.79. The Bertz CT molecular complexity index is 1660. The predicted octanol–water partition coefficient (Wildman–Crippen LogP) is 5.39. The zero-order valence-corrected chi connectivity index (χ0v) is 38.1. The zero-order valence-electron chi connectivity index (χ0n) is 38.1. The van der Waals surface area contributed by atoms with E-state index in [-0.39, 0.29) is 43.1 Å². The third-order valence-corrected chi connectivity index (χ3v) is 11.0. The summed E-state index contributed by atoms with van der Waals surface area (Å²) in [5.74, 6) is -5.17. The minimum atomic E-state index is -1.38. The molecule has 7 unspecified atom stereocenters. The van der Waals surface area contributed by atoms with Crippen molar-refractivity contribution in [3.8, 4) is 11.3 Å². The summed E-state index contributed by atoms with van der Waals surface area (Å²) in [6, 6.07) is 2.15. The highest BCUT2D eigenvalue weighted by atomic mass is 16.6. The Labute approximate surface area is 355 Å². The van der Waals surface area contributed by atoms with Gasteiger partial charge in [-0.2, -0.15) is 0 Å². The minimum Gasteiger partial charge on any atom is -0.461 e. The number of aliphatic imine (C=N–C) groups is 1. The standard InChI is InChI=1S/C31H41N5O9.C8H17NO2.2C2H6/c1-17-11-30(4,41-7)12-18(2)26(38)19(3)28(39)42-16-31(5)21(10-23(17)37)25(29(40)45-31)27(32-6)36-44-15-24-33-13-20(14-34-24)22-8-9-43-35-22;1-6-4-7(9(2)3)5-8(10)11-6;2*1-2/h8-9,13-14,17-19,21,25H,10-12,15-16H2,1-7H3,(H,32,36);6-8,10H,4-5H2,1-3H3;2*1-2H3/t17-,18?,19?,21?,25?,30-,31-;;;/m1.../s1. The molecular weight excluding hydrogens is 777 g/mol. The topological polar surface area (TPSA) is 214 Å². The summed E-state index contributed by atoms with van der Waals surface area (Å²) >= 11 is 0. The Kier molecular flexibility index (Phi) is 21.1. The van der Waals surface area contributed by atoms with Crippen LogP contribution in [0.3, 0.4) is 0 Å². The van der Waals surface area contributed by atoms with Crippen molar-refractivity contribution in [1.29, 1.82) is 0 Å². The molecule has 60 heavy (non-hydrogen) atoms. The Hall–Kier alpha value is -4.16. The molecule has 3 aliphatic heterocycles. The highest BCUT2D eigenvalue weighted by molar-refractivity contribution is 6.03. The first-order chi connectivity index (χ1) is 28.4. The van der Waals surface area contributed by atoms with Crippen LogP contribution in [0.5, 0.6) is 0 Å². The van der Waals surface area contributed by atoms with E-state index in [1.54, 1.807) is 39.2 Å². The number of amidine groups is 1. The smallest absolute Gasteiger partial charge is 0.317 e. The van der Waals surface area contributed by atoms with Gasteiger partial charge >= 0.3 is 11.9 Å². The van der Waals surface area contributed by atoms with Crippen molar-refractivity contribution in [3.63, 3.8) is 0 Å². The number of nitrogens with zero attached hydrogens (tertiary/aromatic N) is 5. The van der Waals surface area contributed by atoms with Gasteiger partial charge in [-0.05, 0) is 61.1 Å². The van der Waals surface area contributed by atoms with Crippen LogP contribution in [-0.2, 0) is 49.6 Å². The molecule has 3 fully saturated rings. The van der Waals surface area contributed by atoms with E-state index >= 15 is 0 Å². The van der Waals surface area contributed by atoms with Crippen molar-refractivity contribution in [2.24, 2.45) is 34.6 Å². The molecule has 5 rings (SSSR count). The van der Waals surface area contributed by atoms with Crippen molar-refractivity contribution in [3.05, 3.63) is 30.5 Å². The molecule has 0 saturated carbocycles. The molecule has 10 atom stereocenters. The van der Waals surface area contributed by atoms with E-state index in [2.05, 4.69) is 30.5 Å². The van der Waals surface area contributed by atoms with Gasteiger partial charge in [-0.1, -0.05) is 46.7 Å². The number of hydrogen-bond donors (Lipinski definition) is 2. The lowest BCUT2D eigenvalue weighted by Gasteiger charge is -2.35. The molecular formula is C43H70N6O11. The number of carbonyl (C=O) groups is 4. The number of nitrogens with one attached hydrogen (secondary N) is 1. The van der Waals surface area contributed by atoms with Gasteiger partial charge in [-0.3, -0.25) is 34.5 Å². The maximum Gasteiger partial charge on any atom is 0.317 e. The molecule has 0 spiro atoms. The minimum absolute atomic E-state index is 0.0667. The number of fused-ring (bicyclic) bond motifs is 1. The molecule has 338 valence electrons. The summed E-state index contributed by atoms with van der Waals surface area (Å²) in [7, 11) is 7.09. The highest BCUT2D eigenvalue weighted by Crippen LogP contribution is 2.42. The number of ether oxygens (including phenoxy) is 4. The second-order valence-corrected chi connectivity index (χ2v) is 15.8. The van der Waals surface area contributed by atoms with E-state index in [1.807, 2.05) is 55.6 Å². The number of esters is 2. The maximum absolute atomic E-state index is 13.7. The van der Waals surface area contributed by atoms with Crippen LogP contribution in [0.2, 0.25) is 0 Å². The number of Topliss-reactive ketones (excluding diaryl/α,β-unsaturated/α-hetero) is 2. The second-order valence-electron chi connectivity index (χ2n) is 15.8. The molecule has 0 bridgehead atoms. The van der Waals surface area contributed by atoms with Crippen molar-refractivity contribution in [1.82, 2.24) is 25.5 Å². The molecule has 17 heteroatoms. The molecule has 17 nitrogen and oxygen atoms in total. The number of aliphatic hydroxyl groups is 1. The Morgan fingerprint density at radius 3 is 2.17 bits per heavy atom. The molecule has 2 aromatic heterocycles. The average Bonchev–Trinajstić information content (AvgIpc) is 3.85. The van der Waals surface area contributed by atoms with Crippen LogP contribution in [-0.4, -0.2) is 119 Å².